The molecule has 24 heavy (non-hydrogen) atoms. The van der Waals surface area contributed by atoms with Gasteiger partial charge in [0.25, 0.3) is 11.5 Å². The van der Waals surface area contributed by atoms with E-state index in [0.29, 0.717) is 18.8 Å². The highest BCUT2D eigenvalue weighted by atomic mass is 16.3. The van der Waals surface area contributed by atoms with E-state index in [2.05, 4.69) is 5.10 Å². The number of hydrogen-bond donors (Lipinski definition) is 1. The number of aromatic amines is 1. The van der Waals surface area contributed by atoms with Crippen molar-refractivity contribution in [2.45, 2.75) is 20.4 Å². The zero-order valence-corrected chi connectivity index (χ0v) is 13.7. The second kappa shape index (κ2) is 6.62. The van der Waals surface area contributed by atoms with Crippen molar-refractivity contribution >= 4 is 5.91 Å². The van der Waals surface area contributed by atoms with Crippen molar-refractivity contribution in [2.75, 3.05) is 6.54 Å². The monoisotopic (exact) mass is 325 g/mol. The first-order valence-corrected chi connectivity index (χ1v) is 7.78. The molecule has 3 rings (SSSR count). The van der Waals surface area contributed by atoms with Crippen LogP contribution in [0.5, 0.6) is 0 Å². The van der Waals surface area contributed by atoms with Gasteiger partial charge in [0.05, 0.1) is 18.2 Å². The Morgan fingerprint density at radius 2 is 2.00 bits per heavy atom. The van der Waals surface area contributed by atoms with Crippen molar-refractivity contribution in [1.82, 2.24) is 14.7 Å². The highest BCUT2D eigenvalue weighted by Gasteiger charge is 2.18. The fourth-order valence-corrected chi connectivity index (χ4v) is 2.49. The maximum atomic E-state index is 12.7. The molecule has 0 unspecified atom stereocenters. The van der Waals surface area contributed by atoms with E-state index in [0.717, 1.165) is 11.1 Å². The molecule has 0 aliphatic heterocycles. The molecule has 2 heterocycles. The Morgan fingerprint density at radius 1 is 1.25 bits per heavy atom. The van der Waals surface area contributed by atoms with Gasteiger partial charge in [0.1, 0.15) is 5.69 Å². The summed E-state index contributed by atoms with van der Waals surface area (Å²) >= 11 is 0. The highest BCUT2D eigenvalue weighted by molar-refractivity contribution is 5.92. The van der Waals surface area contributed by atoms with Crippen LogP contribution in [0.15, 0.2) is 58.1 Å². The van der Waals surface area contributed by atoms with Gasteiger partial charge in [0, 0.05) is 24.7 Å². The van der Waals surface area contributed by atoms with E-state index >= 15 is 0 Å². The average Bonchev–Trinajstić information content (AvgIpc) is 3.22. The first kappa shape index (κ1) is 15.9. The number of benzene rings is 1. The number of H-pyrrole nitrogens is 1. The van der Waals surface area contributed by atoms with Crippen LogP contribution >= 0.6 is 0 Å². The molecule has 0 saturated heterocycles. The predicted octanol–water partition coefficient (Wildman–Crippen LogP) is 2.73. The Hall–Kier alpha value is -3.02. The van der Waals surface area contributed by atoms with Crippen molar-refractivity contribution in [3.05, 3.63) is 76.1 Å². The topological polar surface area (TPSA) is 71.2 Å². The summed E-state index contributed by atoms with van der Waals surface area (Å²) in [4.78, 5) is 26.5. The smallest absolute Gasteiger partial charge is 0.272 e. The number of furan rings is 1. The van der Waals surface area contributed by atoms with Gasteiger partial charge in [-0.1, -0.05) is 17.7 Å². The van der Waals surface area contributed by atoms with Crippen molar-refractivity contribution in [1.29, 1.82) is 0 Å². The molecule has 3 aromatic rings. The summed E-state index contributed by atoms with van der Waals surface area (Å²) < 4.78 is 6.41. The Balaban J connectivity index is 1.86. The van der Waals surface area contributed by atoms with E-state index < -0.39 is 0 Å². The van der Waals surface area contributed by atoms with Gasteiger partial charge in [-0.05, 0) is 32.0 Å². The van der Waals surface area contributed by atoms with Gasteiger partial charge in [-0.2, -0.15) is 0 Å². The summed E-state index contributed by atoms with van der Waals surface area (Å²) in [6.45, 7) is 4.84. The lowest BCUT2D eigenvalue weighted by Gasteiger charge is -2.19. The molecule has 6 heteroatoms. The molecule has 0 radical (unpaired) electrons. The second-order valence-corrected chi connectivity index (χ2v) is 5.63. The molecule has 1 aromatic carbocycles. The third kappa shape index (κ3) is 3.17. The molecule has 0 fully saturated rings. The molecule has 1 N–H and O–H groups in total. The Morgan fingerprint density at radius 3 is 2.62 bits per heavy atom. The van der Waals surface area contributed by atoms with Crippen LogP contribution in [0.2, 0.25) is 0 Å². The lowest BCUT2D eigenvalue weighted by molar-refractivity contribution is 0.0746. The van der Waals surface area contributed by atoms with Crippen LogP contribution in [0.4, 0.5) is 0 Å². The Kier molecular flexibility index (Phi) is 4.37. The quantitative estimate of drug-likeness (QED) is 0.784. The van der Waals surface area contributed by atoms with Crippen molar-refractivity contribution < 1.29 is 9.21 Å². The van der Waals surface area contributed by atoms with E-state index in [1.807, 2.05) is 44.2 Å². The van der Waals surface area contributed by atoms with Crippen LogP contribution in [0.25, 0.3) is 5.69 Å². The van der Waals surface area contributed by atoms with E-state index in [-0.39, 0.29) is 17.2 Å². The summed E-state index contributed by atoms with van der Waals surface area (Å²) in [5, 5.41) is 2.90. The van der Waals surface area contributed by atoms with E-state index in [9.17, 15) is 9.59 Å². The molecule has 0 spiro atoms. The molecule has 0 bridgehead atoms. The van der Waals surface area contributed by atoms with Gasteiger partial charge in [-0.15, -0.1) is 0 Å². The first-order valence-electron chi connectivity index (χ1n) is 7.78. The van der Waals surface area contributed by atoms with Crippen molar-refractivity contribution in [3.63, 3.8) is 0 Å². The van der Waals surface area contributed by atoms with Gasteiger partial charge >= 0.3 is 0 Å². The minimum atomic E-state index is -0.262. The van der Waals surface area contributed by atoms with Crippen LogP contribution < -0.4 is 5.56 Å². The van der Waals surface area contributed by atoms with Crippen LogP contribution in [0.3, 0.4) is 0 Å². The molecular formula is C18H19N3O3. The summed E-state index contributed by atoms with van der Waals surface area (Å²) in [5.74, 6) is -0.221. The van der Waals surface area contributed by atoms with Gasteiger partial charge in [-0.3, -0.25) is 14.7 Å². The fraction of sp³-hybridized carbons (Fsp3) is 0.222. The van der Waals surface area contributed by atoms with Crippen LogP contribution in [0, 0.1) is 6.92 Å². The van der Waals surface area contributed by atoms with Gasteiger partial charge in [0.2, 0.25) is 0 Å². The number of carbonyl (C=O) groups excluding carboxylic acids is 1. The maximum Gasteiger partial charge on any atom is 0.272 e. The molecular weight excluding hydrogens is 306 g/mol. The molecule has 0 aliphatic rings. The van der Waals surface area contributed by atoms with Gasteiger partial charge < -0.3 is 9.32 Å². The summed E-state index contributed by atoms with van der Waals surface area (Å²) in [7, 11) is 0. The highest BCUT2D eigenvalue weighted by Crippen LogP contribution is 2.10. The SMILES string of the molecule is CCN(Cc1ccoc1)C(=O)c1cc(=O)n(-c2ccc(C)cc2)[nH]1. The van der Waals surface area contributed by atoms with E-state index in [4.69, 9.17) is 4.42 Å². The van der Waals surface area contributed by atoms with Crippen LogP contribution in [-0.4, -0.2) is 27.1 Å². The number of amides is 1. The number of aryl methyl sites for hydroxylation is 1. The standard InChI is InChI=1S/C18H19N3O3/c1-3-20(11-14-8-9-24-12-14)18(23)16-10-17(22)21(19-16)15-6-4-13(2)5-7-15/h4-10,12,19H,3,11H2,1-2H3. The van der Waals surface area contributed by atoms with Crippen LogP contribution in [0.1, 0.15) is 28.5 Å². The van der Waals surface area contributed by atoms with E-state index in [1.165, 1.54) is 10.7 Å². The molecule has 0 saturated carbocycles. The Bertz CT molecular complexity index is 873. The van der Waals surface area contributed by atoms with Crippen molar-refractivity contribution in [2.24, 2.45) is 0 Å². The number of carbonyl (C=O) groups is 1. The molecule has 1 amide bonds. The maximum absolute atomic E-state index is 12.7. The lowest BCUT2D eigenvalue weighted by atomic mass is 10.2. The minimum Gasteiger partial charge on any atom is -0.472 e. The molecule has 0 aliphatic carbocycles. The number of rotatable bonds is 5. The number of nitrogens with zero attached hydrogens (tertiary/aromatic N) is 2. The zero-order valence-electron chi connectivity index (χ0n) is 13.7. The zero-order chi connectivity index (χ0) is 17.1. The Labute approximate surface area is 139 Å². The molecule has 124 valence electrons. The summed E-state index contributed by atoms with van der Waals surface area (Å²) in [6.07, 6.45) is 3.18. The second-order valence-electron chi connectivity index (χ2n) is 5.63. The predicted molar refractivity (Wildman–Crippen MR) is 90.2 cm³/mol. The summed E-state index contributed by atoms with van der Waals surface area (Å²) in [6, 6.07) is 10.7. The average molecular weight is 325 g/mol. The lowest BCUT2D eigenvalue weighted by Crippen LogP contribution is -2.30. The largest absolute Gasteiger partial charge is 0.472 e. The molecule has 6 nitrogen and oxygen atoms in total. The van der Waals surface area contributed by atoms with Crippen LogP contribution in [-0.2, 0) is 6.54 Å². The molecule has 2 aromatic heterocycles. The normalized spacial score (nSPS) is 10.8. The summed E-state index contributed by atoms with van der Waals surface area (Å²) in [5.41, 5.74) is 2.72. The fourth-order valence-electron chi connectivity index (χ4n) is 2.49. The third-order valence-electron chi connectivity index (χ3n) is 3.87. The van der Waals surface area contributed by atoms with E-state index in [1.54, 1.807) is 17.4 Å². The third-order valence-corrected chi connectivity index (χ3v) is 3.87. The minimum absolute atomic E-state index is 0.221. The van der Waals surface area contributed by atoms with Gasteiger partial charge in [0.15, 0.2) is 0 Å². The van der Waals surface area contributed by atoms with Crippen molar-refractivity contribution in [3.8, 4) is 5.69 Å². The number of hydrogen-bond acceptors (Lipinski definition) is 3. The number of nitrogens with one attached hydrogen (secondary N) is 1. The number of aromatic nitrogens is 2. The first-order chi connectivity index (χ1) is 11.6. The van der Waals surface area contributed by atoms with Gasteiger partial charge in [-0.25, -0.2) is 4.68 Å². The molecule has 0 atom stereocenters.